The second-order valence-electron chi connectivity index (χ2n) is 6.80. The van der Waals surface area contributed by atoms with Crippen LogP contribution in [0.1, 0.15) is 24.8 Å². The molecule has 138 valence electrons. The van der Waals surface area contributed by atoms with Gasteiger partial charge in [0.25, 0.3) is 0 Å². The molecular formula is C18H25F2N3OS. The van der Waals surface area contributed by atoms with Crippen molar-refractivity contribution in [2.45, 2.75) is 37.9 Å². The van der Waals surface area contributed by atoms with Crippen LogP contribution in [-0.2, 0) is 11.3 Å². The number of halogens is 2. The van der Waals surface area contributed by atoms with E-state index in [1.165, 1.54) is 12.1 Å². The van der Waals surface area contributed by atoms with Gasteiger partial charge in [-0.05, 0) is 30.5 Å². The van der Waals surface area contributed by atoms with Crippen molar-refractivity contribution in [1.29, 1.82) is 0 Å². The summed E-state index contributed by atoms with van der Waals surface area (Å²) in [4.78, 5) is 14.4. The molecule has 2 fully saturated rings. The zero-order chi connectivity index (χ0) is 17.6. The van der Waals surface area contributed by atoms with Crippen molar-refractivity contribution >= 4 is 17.7 Å². The number of hydrogen-bond acceptors (Lipinski definition) is 4. The van der Waals surface area contributed by atoms with Crippen LogP contribution in [0.2, 0.25) is 0 Å². The number of piperidine rings is 1. The molecule has 2 aliphatic heterocycles. The molecule has 4 nitrogen and oxygen atoms in total. The minimum atomic E-state index is -0.809. The molecule has 3 rings (SSSR count). The third kappa shape index (κ3) is 5.66. The van der Waals surface area contributed by atoms with Crippen molar-refractivity contribution in [2.75, 3.05) is 31.1 Å². The van der Waals surface area contributed by atoms with Crippen LogP contribution in [0.5, 0.6) is 0 Å². The Morgan fingerprint density at radius 2 is 2.08 bits per heavy atom. The molecule has 1 unspecified atom stereocenters. The minimum Gasteiger partial charge on any atom is -0.353 e. The molecule has 7 heteroatoms. The highest BCUT2D eigenvalue weighted by atomic mass is 32.2. The molecule has 0 aromatic heterocycles. The predicted octanol–water partition coefficient (Wildman–Crippen LogP) is 2.14. The van der Waals surface area contributed by atoms with Crippen LogP contribution in [0.15, 0.2) is 18.2 Å². The van der Waals surface area contributed by atoms with Gasteiger partial charge in [-0.3, -0.25) is 9.69 Å². The second kappa shape index (κ2) is 8.96. The van der Waals surface area contributed by atoms with E-state index in [4.69, 9.17) is 0 Å². The van der Waals surface area contributed by atoms with Gasteiger partial charge in [0, 0.05) is 56.2 Å². The van der Waals surface area contributed by atoms with Crippen molar-refractivity contribution in [1.82, 2.24) is 15.5 Å². The van der Waals surface area contributed by atoms with E-state index in [0.29, 0.717) is 13.0 Å². The lowest BCUT2D eigenvalue weighted by Gasteiger charge is -2.33. The number of nitrogens with one attached hydrogen (secondary N) is 2. The highest BCUT2D eigenvalue weighted by molar-refractivity contribution is 7.99. The first-order chi connectivity index (χ1) is 12.1. The van der Waals surface area contributed by atoms with Crippen molar-refractivity contribution in [3.05, 3.63) is 35.4 Å². The van der Waals surface area contributed by atoms with Gasteiger partial charge in [0.2, 0.25) is 5.91 Å². The fourth-order valence-corrected chi connectivity index (χ4v) is 4.34. The van der Waals surface area contributed by atoms with Crippen LogP contribution in [0, 0.1) is 11.6 Å². The molecule has 1 aromatic carbocycles. The van der Waals surface area contributed by atoms with Gasteiger partial charge in [-0.1, -0.05) is 6.07 Å². The molecule has 0 bridgehead atoms. The summed E-state index contributed by atoms with van der Waals surface area (Å²) in [7, 11) is 0. The Labute approximate surface area is 151 Å². The van der Waals surface area contributed by atoms with Gasteiger partial charge in [-0.15, -0.1) is 0 Å². The first kappa shape index (κ1) is 18.6. The quantitative estimate of drug-likeness (QED) is 0.835. The maximum Gasteiger partial charge on any atom is 0.221 e. The van der Waals surface area contributed by atoms with E-state index in [1.54, 1.807) is 6.07 Å². The third-order valence-electron chi connectivity index (χ3n) is 4.77. The fraction of sp³-hybridized carbons (Fsp3) is 0.611. The van der Waals surface area contributed by atoms with Gasteiger partial charge < -0.3 is 10.6 Å². The molecule has 25 heavy (non-hydrogen) atoms. The zero-order valence-corrected chi connectivity index (χ0v) is 15.1. The summed E-state index contributed by atoms with van der Waals surface area (Å²) in [5.41, 5.74) is 0.780. The second-order valence-corrected chi connectivity index (χ2v) is 7.95. The van der Waals surface area contributed by atoms with Crippen molar-refractivity contribution in [3.63, 3.8) is 0 Å². The maximum atomic E-state index is 13.3. The van der Waals surface area contributed by atoms with Crippen LogP contribution in [0.25, 0.3) is 0 Å². The smallest absolute Gasteiger partial charge is 0.221 e. The molecule has 2 N–H and O–H groups in total. The highest BCUT2D eigenvalue weighted by Gasteiger charge is 2.23. The molecule has 0 radical (unpaired) electrons. The number of nitrogens with zero attached hydrogens (tertiary/aromatic N) is 1. The molecule has 1 amide bonds. The van der Waals surface area contributed by atoms with E-state index >= 15 is 0 Å². The summed E-state index contributed by atoms with van der Waals surface area (Å²) in [6, 6.07) is 4.56. The first-order valence-electron chi connectivity index (χ1n) is 8.87. The Morgan fingerprint density at radius 3 is 2.76 bits per heavy atom. The Bertz CT molecular complexity index is 588. The molecule has 1 aromatic rings. The summed E-state index contributed by atoms with van der Waals surface area (Å²) in [5.74, 6) is 0.637. The lowest BCUT2D eigenvalue weighted by Crippen LogP contribution is -2.47. The number of hydrogen-bond donors (Lipinski definition) is 2. The number of carbonyl (C=O) groups excluding carboxylic acids is 1. The van der Waals surface area contributed by atoms with E-state index in [1.807, 2.05) is 11.8 Å². The normalized spacial score (nSPS) is 22.7. The topological polar surface area (TPSA) is 44.4 Å². The van der Waals surface area contributed by atoms with Crippen molar-refractivity contribution in [2.24, 2.45) is 0 Å². The zero-order valence-electron chi connectivity index (χ0n) is 14.3. The molecule has 0 spiro atoms. The SMILES string of the molecule is O=C(CC1CSCCN1)NC1CCN(Cc2ccc(F)c(F)c2)CC1. The van der Waals surface area contributed by atoms with E-state index in [2.05, 4.69) is 15.5 Å². The van der Waals surface area contributed by atoms with Crippen LogP contribution in [0.3, 0.4) is 0 Å². The maximum absolute atomic E-state index is 13.3. The predicted molar refractivity (Wildman–Crippen MR) is 96.5 cm³/mol. The number of carbonyl (C=O) groups is 1. The van der Waals surface area contributed by atoms with E-state index in [0.717, 1.165) is 49.5 Å². The molecule has 2 aliphatic rings. The summed E-state index contributed by atoms with van der Waals surface area (Å²) in [6.07, 6.45) is 2.33. The van der Waals surface area contributed by atoms with Gasteiger partial charge in [-0.25, -0.2) is 8.78 Å². The van der Waals surface area contributed by atoms with E-state index in [-0.39, 0.29) is 18.0 Å². The Hall–Kier alpha value is -1.18. The van der Waals surface area contributed by atoms with Crippen LogP contribution < -0.4 is 10.6 Å². The third-order valence-corrected chi connectivity index (χ3v) is 5.90. The van der Waals surface area contributed by atoms with Gasteiger partial charge in [0.1, 0.15) is 0 Å². The number of likely N-dealkylation sites (tertiary alicyclic amines) is 1. The average Bonchev–Trinajstić information content (AvgIpc) is 2.61. The molecule has 0 saturated carbocycles. The number of rotatable bonds is 5. The summed E-state index contributed by atoms with van der Waals surface area (Å²) in [5, 5.41) is 6.53. The largest absolute Gasteiger partial charge is 0.353 e. The lowest BCUT2D eigenvalue weighted by atomic mass is 10.0. The molecule has 2 saturated heterocycles. The Kier molecular flexibility index (Phi) is 6.67. The molecule has 2 heterocycles. The summed E-state index contributed by atoms with van der Waals surface area (Å²) in [6.45, 7) is 3.29. The van der Waals surface area contributed by atoms with E-state index in [9.17, 15) is 13.6 Å². The lowest BCUT2D eigenvalue weighted by molar-refractivity contribution is -0.122. The summed E-state index contributed by atoms with van der Waals surface area (Å²) >= 11 is 1.89. The molecule has 0 aliphatic carbocycles. The molecular weight excluding hydrogens is 344 g/mol. The Balaban J connectivity index is 1.39. The van der Waals surface area contributed by atoms with Crippen LogP contribution in [-0.4, -0.2) is 54.0 Å². The monoisotopic (exact) mass is 369 g/mol. The van der Waals surface area contributed by atoms with Gasteiger partial charge >= 0.3 is 0 Å². The first-order valence-corrected chi connectivity index (χ1v) is 10.0. The fourth-order valence-electron chi connectivity index (χ4n) is 3.39. The summed E-state index contributed by atoms with van der Waals surface area (Å²) < 4.78 is 26.3. The molecule has 1 atom stereocenters. The van der Waals surface area contributed by atoms with E-state index < -0.39 is 11.6 Å². The van der Waals surface area contributed by atoms with Crippen molar-refractivity contribution in [3.8, 4) is 0 Å². The highest BCUT2D eigenvalue weighted by Crippen LogP contribution is 2.16. The average molecular weight is 369 g/mol. The van der Waals surface area contributed by atoms with Gasteiger partial charge in [-0.2, -0.15) is 11.8 Å². The van der Waals surface area contributed by atoms with Crippen molar-refractivity contribution < 1.29 is 13.6 Å². The van der Waals surface area contributed by atoms with Crippen LogP contribution >= 0.6 is 11.8 Å². The Morgan fingerprint density at radius 1 is 1.28 bits per heavy atom. The minimum absolute atomic E-state index is 0.124. The van der Waals surface area contributed by atoms with Gasteiger partial charge in [0.05, 0.1) is 0 Å². The number of thioether (sulfide) groups is 1. The number of benzene rings is 1. The van der Waals surface area contributed by atoms with Crippen LogP contribution in [0.4, 0.5) is 8.78 Å². The van der Waals surface area contributed by atoms with Gasteiger partial charge in [0.15, 0.2) is 11.6 Å². The standard InChI is InChI=1S/C18H25F2N3OS/c19-16-2-1-13(9-17(16)20)11-23-6-3-14(4-7-23)22-18(24)10-15-12-25-8-5-21-15/h1-2,9,14-15,21H,3-8,10-12H2,(H,22,24). The number of amides is 1.